The summed E-state index contributed by atoms with van der Waals surface area (Å²) in [5.74, 6) is 0.948. The standard InChI is InChI=1S/C28H29NO/c1-2-30-27-16-14-25(15-17-27)29-26(18-21-8-4-3-5-9-21)20-28(29)24-13-12-22-10-6-7-11-23(22)19-24/h3-11,14-17,19,26,28H,2,12-13,18,20H2,1H3. The van der Waals surface area contributed by atoms with Gasteiger partial charge in [-0.2, -0.15) is 0 Å². The Morgan fingerprint density at radius 2 is 1.63 bits per heavy atom. The molecule has 5 rings (SSSR count). The molecule has 2 atom stereocenters. The van der Waals surface area contributed by atoms with Gasteiger partial charge in [0.2, 0.25) is 0 Å². The minimum atomic E-state index is 0.491. The van der Waals surface area contributed by atoms with Crippen molar-refractivity contribution in [3.05, 3.63) is 101 Å². The van der Waals surface area contributed by atoms with Gasteiger partial charge in [0, 0.05) is 11.7 Å². The van der Waals surface area contributed by atoms with Gasteiger partial charge in [-0.3, -0.25) is 0 Å². The predicted molar refractivity (Wildman–Crippen MR) is 125 cm³/mol. The van der Waals surface area contributed by atoms with Crippen LogP contribution >= 0.6 is 0 Å². The normalized spacial score (nSPS) is 20.2. The van der Waals surface area contributed by atoms with Crippen molar-refractivity contribution >= 4 is 11.8 Å². The number of nitrogens with zero attached hydrogens (tertiary/aromatic N) is 1. The molecule has 0 saturated carbocycles. The molecule has 0 amide bonds. The lowest BCUT2D eigenvalue weighted by atomic mass is 9.78. The zero-order chi connectivity index (χ0) is 20.3. The molecule has 0 aromatic heterocycles. The average Bonchev–Trinajstić information content (AvgIpc) is 2.78. The first kappa shape index (κ1) is 19.0. The van der Waals surface area contributed by atoms with Gasteiger partial charge in [0.25, 0.3) is 0 Å². The maximum Gasteiger partial charge on any atom is 0.119 e. The summed E-state index contributed by atoms with van der Waals surface area (Å²) in [6.45, 7) is 2.73. The molecule has 1 saturated heterocycles. The van der Waals surface area contributed by atoms with Crippen molar-refractivity contribution in [3.8, 4) is 5.75 Å². The van der Waals surface area contributed by atoms with E-state index >= 15 is 0 Å². The van der Waals surface area contributed by atoms with Crippen molar-refractivity contribution < 1.29 is 4.74 Å². The monoisotopic (exact) mass is 395 g/mol. The molecule has 2 aliphatic rings. The number of hydrogen-bond acceptors (Lipinski definition) is 2. The SMILES string of the molecule is CCOc1ccc(N2C(Cc3ccccc3)CC2C2=Cc3ccccc3CC2)cc1. The highest BCUT2D eigenvalue weighted by Gasteiger charge is 2.40. The van der Waals surface area contributed by atoms with E-state index in [1.165, 1.54) is 28.8 Å². The first-order valence-electron chi connectivity index (χ1n) is 11.2. The lowest BCUT2D eigenvalue weighted by Crippen LogP contribution is -2.58. The number of aryl methyl sites for hydroxylation is 1. The summed E-state index contributed by atoms with van der Waals surface area (Å²) < 4.78 is 5.67. The smallest absolute Gasteiger partial charge is 0.119 e. The summed E-state index contributed by atoms with van der Waals surface area (Å²) in [5, 5.41) is 0. The summed E-state index contributed by atoms with van der Waals surface area (Å²) in [4.78, 5) is 2.64. The number of fused-ring (bicyclic) bond motifs is 1. The van der Waals surface area contributed by atoms with Crippen LogP contribution in [0.1, 0.15) is 36.5 Å². The van der Waals surface area contributed by atoms with Crippen LogP contribution in [0.4, 0.5) is 5.69 Å². The molecule has 1 aliphatic carbocycles. The van der Waals surface area contributed by atoms with Crippen LogP contribution in [0.3, 0.4) is 0 Å². The van der Waals surface area contributed by atoms with Gasteiger partial charge in [-0.25, -0.2) is 0 Å². The minimum Gasteiger partial charge on any atom is -0.494 e. The van der Waals surface area contributed by atoms with Gasteiger partial charge in [0.15, 0.2) is 0 Å². The number of rotatable bonds is 6. The van der Waals surface area contributed by atoms with Crippen LogP contribution in [0.15, 0.2) is 84.4 Å². The highest BCUT2D eigenvalue weighted by molar-refractivity contribution is 5.65. The van der Waals surface area contributed by atoms with Crippen molar-refractivity contribution in [3.63, 3.8) is 0 Å². The second-order valence-electron chi connectivity index (χ2n) is 8.35. The molecular weight excluding hydrogens is 366 g/mol. The van der Waals surface area contributed by atoms with Crippen molar-refractivity contribution in [2.45, 2.75) is 44.7 Å². The van der Waals surface area contributed by atoms with E-state index in [4.69, 9.17) is 4.74 Å². The Labute approximate surface area is 179 Å². The Kier molecular flexibility index (Phi) is 5.31. The van der Waals surface area contributed by atoms with Crippen LogP contribution in [-0.2, 0) is 12.8 Å². The van der Waals surface area contributed by atoms with E-state index in [0.717, 1.165) is 25.0 Å². The molecule has 0 radical (unpaired) electrons. The first-order valence-corrected chi connectivity index (χ1v) is 11.2. The van der Waals surface area contributed by atoms with Crippen molar-refractivity contribution in [1.29, 1.82) is 0 Å². The molecule has 152 valence electrons. The van der Waals surface area contributed by atoms with Crippen LogP contribution in [-0.4, -0.2) is 18.7 Å². The summed E-state index contributed by atoms with van der Waals surface area (Å²) in [6, 6.07) is 29.4. The van der Waals surface area contributed by atoms with Crippen molar-refractivity contribution in [1.82, 2.24) is 0 Å². The fourth-order valence-corrected chi connectivity index (χ4v) is 4.99. The summed E-state index contributed by atoms with van der Waals surface area (Å²) >= 11 is 0. The number of ether oxygens (including phenoxy) is 1. The Morgan fingerprint density at radius 1 is 0.867 bits per heavy atom. The molecule has 0 bridgehead atoms. The van der Waals surface area contributed by atoms with Crippen LogP contribution in [0.25, 0.3) is 6.08 Å². The van der Waals surface area contributed by atoms with Gasteiger partial charge in [-0.15, -0.1) is 0 Å². The average molecular weight is 396 g/mol. The molecule has 3 aromatic rings. The third-order valence-corrected chi connectivity index (χ3v) is 6.49. The highest BCUT2D eigenvalue weighted by atomic mass is 16.5. The molecule has 2 nitrogen and oxygen atoms in total. The van der Waals surface area contributed by atoms with Gasteiger partial charge in [0.05, 0.1) is 12.6 Å². The fourth-order valence-electron chi connectivity index (χ4n) is 4.99. The Hall–Kier alpha value is -3.00. The van der Waals surface area contributed by atoms with E-state index in [2.05, 4.69) is 89.8 Å². The molecule has 0 spiro atoms. The van der Waals surface area contributed by atoms with Crippen LogP contribution < -0.4 is 9.64 Å². The summed E-state index contributed by atoms with van der Waals surface area (Å²) in [7, 11) is 0. The quantitative estimate of drug-likeness (QED) is 0.485. The second kappa shape index (κ2) is 8.39. The van der Waals surface area contributed by atoms with E-state index in [1.807, 2.05) is 6.92 Å². The second-order valence-corrected chi connectivity index (χ2v) is 8.35. The third kappa shape index (κ3) is 3.75. The van der Waals surface area contributed by atoms with Crippen molar-refractivity contribution in [2.24, 2.45) is 0 Å². The van der Waals surface area contributed by atoms with Crippen LogP contribution in [0, 0.1) is 0 Å². The van der Waals surface area contributed by atoms with Crippen molar-refractivity contribution in [2.75, 3.05) is 11.5 Å². The van der Waals surface area contributed by atoms with Gasteiger partial charge >= 0.3 is 0 Å². The predicted octanol–water partition coefficient (Wildman–Crippen LogP) is 6.31. The lowest BCUT2D eigenvalue weighted by molar-refractivity contribution is 0.339. The molecule has 1 fully saturated rings. The molecule has 1 aliphatic heterocycles. The molecule has 30 heavy (non-hydrogen) atoms. The van der Waals surface area contributed by atoms with Gasteiger partial charge in [-0.05, 0) is 79.1 Å². The van der Waals surface area contributed by atoms with E-state index in [9.17, 15) is 0 Å². The van der Waals surface area contributed by atoms with E-state index in [1.54, 1.807) is 5.57 Å². The molecule has 3 aromatic carbocycles. The van der Waals surface area contributed by atoms with E-state index in [-0.39, 0.29) is 0 Å². The Balaban J connectivity index is 1.43. The molecule has 2 heteroatoms. The molecule has 1 heterocycles. The maximum absolute atomic E-state index is 5.67. The summed E-state index contributed by atoms with van der Waals surface area (Å²) in [5.41, 5.74) is 7.17. The van der Waals surface area contributed by atoms with Crippen LogP contribution in [0.2, 0.25) is 0 Å². The van der Waals surface area contributed by atoms with E-state index in [0.29, 0.717) is 18.7 Å². The van der Waals surface area contributed by atoms with E-state index < -0.39 is 0 Å². The first-order chi connectivity index (χ1) is 14.8. The lowest BCUT2D eigenvalue weighted by Gasteiger charge is -2.52. The molecule has 0 N–H and O–H groups in total. The summed E-state index contributed by atoms with van der Waals surface area (Å²) in [6.07, 6.45) is 7.07. The highest BCUT2D eigenvalue weighted by Crippen LogP contribution is 2.41. The largest absolute Gasteiger partial charge is 0.494 e. The zero-order valence-electron chi connectivity index (χ0n) is 17.6. The maximum atomic E-state index is 5.67. The molecular formula is C28H29NO. The Bertz CT molecular complexity index is 1020. The fraction of sp³-hybridized carbons (Fsp3) is 0.286. The number of benzene rings is 3. The third-order valence-electron chi connectivity index (χ3n) is 6.49. The van der Waals surface area contributed by atoms with Gasteiger partial charge < -0.3 is 9.64 Å². The number of anilines is 1. The zero-order valence-corrected chi connectivity index (χ0v) is 17.6. The minimum absolute atomic E-state index is 0.491. The van der Waals surface area contributed by atoms with Crippen LogP contribution in [0.5, 0.6) is 5.75 Å². The topological polar surface area (TPSA) is 12.5 Å². The van der Waals surface area contributed by atoms with Gasteiger partial charge in [0.1, 0.15) is 5.75 Å². The molecule has 2 unspecified atom stereocenters. The van der Waals surface area contributed by atoms with Gasteiger partial charge in [-0.1, -0.05) is 60.7 Å². The Morgan fingerprint density at radius 3 is 2.43 bits per heavy atom. The number of hydrogen-bond donors (Lipinski definition) is 0.